The van der Waals surface area contributed by atoms with Gasteiger partial charge in [0, 0.05) is 77.4 Å². The Morgan fingerprint density at radius 2 is 1.73 bits per heavy atom. The molecule has 4 heterocycles. The molecular formula is C42H50N10O7. The summed E-state index contributed by atoms with van der Waals surface area (Å²) in [4.78, 5) is 67.3. The van der Waals surface area contributed by atoms with Crippen LogP contribution in [0.1, 0.15) is 48.8 Å². The molecule has 1 amide bonds. The standard InChI is InChI=1S/C42H50N10O7/c1-47(2)36-35(37(53)38(36)54)43-15-7-16-50-17-12-28-22-33(58-3)34(59-4)23-31(28)42(50)13-10-27(11-14-42)41(55)49-20-18-48(19-21-49)39-30-24-46-51(40(30)45-26-44-39)25-29-8-5-6-9-32(29)52(56)57/h5-6,8-9,22-24,26-27,43H,7,10-21,25H2,1-4H3/t27-,42+. The number of ether oxygens (including phenoxy) is 2. The van der Waals surface area contributed by atoms with Crippen molar-refractivity contribution in [2.75, 3.05) is 89.2 Å². The zero-order valence-electron chi connectivity index (χ0n) is 34.0. The highest BCUT2D eigenvalue weighted by Gasteiger charge is 2.47. The summed E-state index contributed by atoms with van der Waals surface area (Å²) in [6, 6.07) is 10.9. The van der Waals surface area contributed by atoms with Crippen molar-refractivity contribution in [2.45, 2.75) is 50.6 Å². The Kier molecular flexibility index (Phi) is 11.0. The highest BCUT2D eigenvalue weighted by atomic mass is 16.6. The van der Waals surface area contributed by atoms with Crippen molar-refractivity contribution in [1.82, 2.24) is 29.5 Å². The number of methoxy groups -OCH3 is 2. The molecule has 8 rings (SSSR count). The first-order valence-corrected chi connectivity index (χ1v) is 20.2. The van der Waals surface area contributed by atoms with Crippen LogP contribution in [-0.4, -0.2) is 115 Å². The van der Waals surface area contributed by atoms with Crippen LogP contribution in [-0.2, 0) is 23.3 Å². The minimum Gasteiger partial charge on any atom is -0.493 e. The fourth-order valence-corrected chi connectivity index (χ4v) is 9.54. The number of piperazine rings is 1. The number of hydrogen-bond donors (Lipinski definition) is 1. The number of anilines is 3. The first-order valence-electron chi connectivity index (χ1n) is 20.2. The first-order chi connectivity index (χ1) is 28.5. The molecule has 1 spiro atoms. The molecule has 3 aromatic carbocycles. The van der Waals surface area contributed by atoms with Crippen LogP contribution in [0.5, 0.6) is 11.5 Å². The fourth-order valence-electron chi connectivity index (χ4n) is 9.54. The number of para-hydroxylation sites is 1. The summed E-state index contributed by atoms with van der Waals surface area (Å²) in [5.41, 5.74) is 3.26. The van der Waals surface area contributed by atoms with Gasteiger partial charge in [-0.05, 0) is 61.8 Å². The molecule has 59 heavy (non-hydrogen) atoms. The van der Waals surface area contributed by atoms with Gasteiger partial charge in [-0.3, -0.25) is 29.4 Å². The molecule has 1 aliphatic carbocycles. The third-order valence-corrected chi connectivity index (χ3v) is 12.6. The smallest absolute Gasteiger partial charge is 0.274 e. The van der Waals surface area contributed by atoms with E-state index in [1.165, 1.54) is 23.5 Å². The Labute approximate surface area is 341 Å². The number of carbonyl (C=O) groups excluding carboxylic acids is 1. The highest BCUT2D eigenvalue weighted by Crippen LogP contribution is 2.50. The number of rotatable bonds is 13. The monoisotopic (exact) mass is 806 g/mol. The average Bonchev–Trinajstić information content (AvgIpc) is 3.67. The van der Waals surface area contributed by atoms with E-state index in [9.17, 15) is 24.5 Å². The number of hydrogen-bond acceptors (Lipinski definition) is 14. The SMILES string of the molecule is COc1cc2c(cc1OC)[C@]1(CC[C@H](C(=O)N3CCN(c4ncnc5c4cnn5Cc4ccccc4[N+](=O)[O-])CC3)CC1)N(CCCNc1c(N(C)C)c(=O)c1=O)CC2. The lowest BCUT2D eigenvalue weighted by atomic mass is 9.68. The van der Waals surface area contributed by atoms with E-state index in [1.807, 2.05) is 4.90 Å². The van der Waals surface area contributed by atoms with Crippen LogP contribution in [0.4, 0.5) is 22.9 Å². The maximum absolute atomic E-state index is 14.2. The molecule has 5 aromatic rings. The highest BCUT2D eigenvalue weighted by molar-refractivity contribution is 5.87. The molecule has 0 atom stereocenters. The zero-order chi connectivity index (χ0) is 41.4. The van der Waals surface area contributed by atoms with Crippen molar-refractivity contribution >= 4 is 39.8 Å². The van der Waals surface area contributed by atoms with Crippen LogP contribution in [0.25, 0.3) is 11.0 Å². The molecule has 0 radical (unpaired) electrons. The molecule has 1 N–H and O–H groups in total. The lowest BCUT2D eigenvalue weighted by Crippen LogP contribution is -2.55. The van der Waals surface area contributed by atoms with E-state index in [4.69, 9.17) is 9.47 Å². The Morgan fingerprint density at radius 1 is 1.00 bits per heavy atom. The molecule has 2 fully saturated rings. The molecule has 17 nitrogen and oxygen atoms in total. The van der Waals surface area contributed by atoms with Crippen molar-refractivity contribution in [2.24, 2.45) is 5.92 Å². The maximum Gasteiger partial charge on any atom is 0.274 e. The van der Waals surface area contributed by atoms with Crippen LogP contribution in [0, 0.1) is 16.0 Å². The van der Waals surface area contributed by atoms with E-state index in [0.29, 0.717) is 66.8 Å². The topological polar surface area (TPSA) is 181 Å². The molecule has 2 aliphatic heterocycles. The second-order valence-electron chi connectivity index (χ2n) is 15.9. The normalized spacial score (nSPS) is 19.6. The number of carbonyl (C=O) groups is 1. The van der Waals surface area contributed by atoms with Crippen LogP contribution in [0.2, 0.25) is 0 Å². The fraction of sp³-hybridized carbons (Fsp3) is 0.476. The Hall–Kier alpha value is -6.10. The quantitative estimate of drug-likeness (QED) is 0.0790. The van der Waals surface area contributed by atoms with Gasteiger partial charge >= 0.3 is 0 Å². The van der Waals surface area contributed by atoms with Crippen LogP contribution < -0.4 is 35.4 Å². The number of nitro benzene ring substituents is 1. The largest absolute Gasteiger partial charge is 0.493 e. The summed E-state index contributed by atoms with van der Waals surface area (Å²) in [5, 5.41) is 20.1. The van der Waals surface area contributed by atoms with Crippen molar-refractivity contribution in [3.8, 4) is 11.5 Å². The van der Waals surface area contributed by atoms with E-state index < -0.39 is 10.9 Å². The summed E-state index contributed by atoms with van der Waals surface area (Å²) < 4.78 is 13.1. The van der Waals surface area contributed by atoms with E-state index in [0.717, 1.165) is 62.8 Å². The summed E-state index contributed by atoms with van der Waals surface area (Å²) in [6.45, 7) is 4.74. The first kappa shape index (κ1) is 39.7. The third kappa shape index (κ3) is 7.21. The predicted octanol–water partition coefficient (Wildman–Crippen LogP) is 3.56. The van der Waals surface area contributed by atoms with Crippen LogP contribution >= 0.6 is 0 Å². The number of nitrogens with zero attached hydrogens (tertiary/aromatic N) is 9. The molecule has 310 valence electrons. The second kappa shape index (κ2) is 16.3. The van der Waals surface area contributed by atoms with Gasteiger partial charge in [-0.25, -0.2) is 14.6 Å². The molecule has 17 heteroatoms. The summed E-state index contributed by atoms with van der Waals surface area (Å²) in [7, 11) is 6.84. The summed E-state index contributed by atoms with van der Waals surface area (Å²) in [5.74, 6) is 2.23. The van der Waals surface area contributed by atoms with Crippen LogP contribution in [0.3, 0.4) is 0 Å². The Bertz CT molecular complexity index is 2440. The molecule has 1 saturated carbocycles. The summed E-state index contributed by atoms with van der Waals surface area (Å²) >= 11 is 0. The van der Waals surface area contributed by atoms with Gasteiger partial charge in [-0.2, -0.15) is 5.10 Å². The van der Waals surface area contributed by atoms with Crippen molar-refractivity contribution < 1.29 is 19.2 Å². The minimum absolute atomic E-state index is 0.0328. The zero-order valence-corrected chi connectivity index (χ0v) is 34.0. The van der Waals surface area contributed by atoms with Gasteiger partial charge in [0.05, 0.1) is 42.8 Å². The van der Waals surface area contributed by atoms with E-state index >= 15 is 0 Å². The molecule has 1 saturated heterocycles. The van der Waals surface area contributed by atoms with Gasteiger partial charge in [-0.15, -0.1) is 0 Å². The van der Waals surface area contributed by atoms with Crippen molar-refractivity contribution in [1.29, 1.82) is 0 Å². The number of aromatic nitrogens is 4. The average molecular weight is 807 g/mol. The molecule has 0 bridgehead atoms. The van der Waals surface area contributed by atoms with Gasteiger partial charge in [0.15, 0.2) is 17.1 Å². The number of nitrogens with one attached hydrogen (secondary N) is 1. The lowest BCUT2D eigenvalue weighted by molar-refractivity contribution is -0.385. The molecule has 3 aliphatic rings. The van der Waals surface area contributed by atoms with E-state index in [2.05, 4.69) is 42.3 Å². The van der Waals surface area contributed by atoms with Gasteiger partial charge in [0.25, 0.3) is 16.5 Å². The molecule has 2 aromatic heterocycles. The second-order valence-corrected chi connectivity index (χ2v) is 15.9. The number of benzene rings is 2. The van der Waals surface area contributed by atoms with E-state index in [1.54, 1.807) is 62.3 Å². The van der Waals surface area contributed by atoms with Gasteiger partial charge < -0.3 is 29.5 Å². The van der Waals surface area contributed by atoms with Gasteiger partial charge in [-0.1, -0.05) is 18.2 Å². The van der Waals surface area contributed by atoms with Crippen molar-refractivity contribution in [3.05, 3.63) is 96.2 Å². The van der Waals surface area contributed by atoms with Crippen LogP contribution in [0.15, 0.2) is 58.5 Å². The lowest BCUT2D eigenvalue weighted by Gasteiger charge is -2.52. The Balaban J connectivity index is 0.931. The third-order valence-electron chi connectivity index (χ3n) is 12.6. The van der Waals surface area contributed by atoms with Gasteiger partial charge in [0.1, 0.15) is 23.5 Å². The van der Waals surface area contributed by atoms with Crippen molar-refractivity contribution in [3.63, 3.8) is 0 Å². The summed E-state index contributed by atoms with van der Waals surface area (Å²) in [6.07, 6.45) is 7.97. The predicted molar refractivity (Wildman–Crippen MR) is 224 cm³/mol. The molecule has 0 unspecified atom stereocenters. The minimum atomic E-state index is -0.461. The number of amides is 1. The number of nitro groups is 1. The number of fused-ring (bicyclic) bond motifs is 3. The van der Waals surface area contributed by atoms with E-state index in [-0.39, 0.29) is 34.5 Å². The Morgan fingerprint density at radius 3 is 2.44 bits per heavy atom. The van der Waals surface area contributed by atoms with Gasteiger partial charge in [0.2, 0.25) is 5.91 Å². The maximum atomic E-state index is 14.2. The molecular weight excluding hydrogens is 757 g/mol.